The summed E-state index contributed by atoms with van der Waals surface area (Å²) in [5.41, 5.74) is 7.14. The van der Waals surface area contributed by atoms with Crippen LogP contribution in [0.3, 0.4) is 0 Å². The second-order valence-electron chi connectivity index (χ2n) is 2.92. The lowest BCUT2D eigenvalue weighted by Gasteiger charge is -2.02. The second kappa shape index (κ2) is 2.99. The van der Waals surface area contributed by atoms with Gasteiger partial charge < -0.3 is 11.6 Å². The number of aromatic nitrogens is 4. The van der Waals surface area contributed by atoms with Crippen LogP contribution in [0.5, 0.6) is 0 Å². The summed E-state index contributed by atoms with van der Waals surface area (Å²) in [6.45, 7) is 1.92. The summed E-state index contributed by atoms with van der Waals surface area (Å²) in [6.07, 6.45) is 1.67. The van der Waals surface area contributed by atoms with Crippen molar-refractivity contribution in [1.82, 2.24) is 19.9 Å². The predicted molar refractivity (Wildman–Crippen MR) is 52.6 cm³/mol. The highest BCUT2D eigenvalue weighted by atomic mass is 15.4. The van der Waals surface area contributed by atoms with Crippen molar-refractivity contribution in [3.63, 3.8) is 0 Å². The molecule has 6 heteroatoms. The number of nitrogens with zero attached hydrogens (tertiary/aromatic N) is 4. The molecule has 0 unspecified atom stereocenters. The topological polar surface area (TPSA) is 95.6 Å². The minimum absolute atomic E-state index is 0.171. The molecule has 4 N–H and O–H groups in total. The van der Waals surface area contributed by atoms with Gasteiger partial charge in [-0.2, -0.15) is 0 Å². The average Bonchev–Trinajstić information content (AvgIpc) is 2.49. The van der Waals surface area contributed by atoms with Gasteiger partial charge in [-0.05, 0) is 18.6 Å². The molecule has 0 fully saturated rings. The number of anilines is 1. The molecule has 72 valence electrons. The van der Waals surface area contributed by atoms with E-state index in [2.05, 4.69) is 15.2 Å². The highest BCUT2D eigenvalue weighted by molar-refractivity contribution is 5.56. The minimum atomic E-state index is 0.171. The van der Waals surface area contributed by atoms with E-state index in [-0.39, 0.29) is 5.95 Å². The van der Waals surface area contributed by atoms with Crippen LogP contribution in [0.15, 0.2) is 18.3 Å². The lowest BCUT2D eigenvalue weighted by molar-refractivity contribution is 1.00. The molecule has 0 saturated heterocycles. The van der Waals surface area contributed by atoms with E-state index >= 15 is 0 Å². The van der Waals surface area contributed by atoms with Gasteiger partial charge in [0.15, 0.2) is 0 Å². The van der Waals surface area contributed by atoms with Crippen molar-refractivity contribution >= 4 is 5.95 Å². The van der Waals surface area contributed by atoms with Gasteiger partial charge in [-0.25, -0.2) is 4.68 Å². The zero-order chi connectivity index (χ0) is 10.1. The number of hydrogen-bond donors (Lipinski definition) is 2. The molecular formula is C8H10N6. The van der Waals surface area contributed by atoms with Crippen molar-refractivity contribution < 1.29 is 0 Å². The van der Waals surface area contributed by atoms with E-state index in [1.165, 1.54) is 4.68 Å². The standard InChI is InChI=1S/C8H10N6/c1-5-3-2-4-11-6(5)7-12-13-8(9)14(7)10/h2-4H,10H2,1H3,(H2,9,13). The molecule has 0 aliphatic carbocycles. The van der Waals surface area contributed by atoms with Crippen molar-refractivity contribution in [2.75, 3.05) is 11.6 Å². The molecule has 0 aliphatic rings. The molecule has 0 atom stereocenters. The maximum atomic E-state index is 5.63. The quantitative estimate of drug-likeness (QED) is 0.614. The molecule has 2 heterocycles. The van der Waals surface area contributed by atoms with E-state index in [4.69, 9.17) is 11.6 Å². The molecular weight excluding hydrogens is 180 g/mol. The fourth-order valence-corrected chi connectivity index (χ4v) is 1.18. The monoisotopic (exact) mass is 190 g/mol. The fraction of sp³-hybridized carbons (Fsp3) is 0.125. The molecule has 0 spiro atoms. The van der Waals surface area contributed by atoms with Gasteiger partial charge in [-0.15, -0.1) is 10.2 Å². The summed E-state index contributed by atoms with van der Waals surface area (Å²) in [5, 5.41) is 7.51. The second-order valence-corrected chi connectivity index (χ2v) is 2.92. The normalized spacial score (nSPS) is 10.4. The summed E-state index contributed by atoms with van der Waals surface area (Å²) < 4.78 is 1.22. The third kappa shape index (κ3) is 1.17. The highest BCUT2D eigenvalue weighted by Gasteiger charge is 2.11. The molecule has 6 nitrogen and oxygen atoms in total. The predicted octanol–water partition coefficient (Wildman–Crippen LogP) is -0.0555. The molecule has 2 aromatic rings. The van der Waals surface area contributed by atoms with Crippen molar-refractivity contribution in [2.45, 2.75) is 6.92 Å². The Balaban J connectivity index is 2.60. The van der Waals surface area contributed by atoms with Crippen LogP contribution < -0.4 is 11.6 Å². The van der Waals surface area contributed by atoms with Gasteiger partial charge in [-0.3, -0.25) is 4.98 Å². The summed E-state index contributed by atoms with van der Waals surface area (Å²) in [4.78, 5) is 4.16. The maximum Gasteiger partial charge on any atom is 0.241 e. The first kappa shape index (κ1) is 8.49. The number of nitrogens with two attached hydrogens (primary N) is 2. The number of nitrogen functional groups attached to an aromatic ring is 2. The summed E-state index contributed by atoms with van der Waals surface area (Å²) in [7, 11) is 0. The molecule has 2 aromatic heterocycles. The van der Waals surface area contributed by atoms with Gasteiger partial charge >= 0.3 is 0 Å². The third-order valence-corrected chi connectivity index (χ3v) is 1.94. The van der Waals surface area contributed by atoms with Gasteiger partial charge in [0.1, 0.15) is 5.69 Å². The average molecular weight is 190 g/mol. The Morgan fingerprint density at radius 2 is 2.14 bits per heavy atom. The van der Waals surface area contributed by atoms with Crippen LogP contribution in [-0.2, 0) is 0 Å². The summed E-state index contributed by atoms with van der Waals surface area (Å²) >= 11 is 0. The van der Waals surface area contributed by atoms with Crippen molar-refractivity contribution in [2.24, 2.45) is 0 Å². The molecule has 0 saturated carbocycles. The summed E-state index contributed by atoms with van der Waals surface area (Å²) in [6, 6.07) is 3.77. The Kier molecular flexibility index (Phi) is 1.81. The van der Waals surface area contributed by atoms with E-state index < -0.39 is 0 Å². The van der Waals surface area contributed by atoms with Crippen LogP contribution in [0.1, 0.15) is 5.56 Å². The lowest BCUT2D eigenvalue weighted by Crippen LogP contribution is -2.14. The Morgan fingerprint density at radius 1 is 1.36 bits per heavy atom. The highest BCUT2D eigenvalue weighted by Crippen LogP contribution is 2.17. The van der Waals surface area contributed by atoms with Crippen LogP contribution >= 0.6 is 0 Å². The van der Waals surface area contributed by atoms with Crippen LogP contribution in [0.4, 0.5) is 5.95 Å². The van der Waals surface area contributed by atoms with Crippen molar-refractivity contribution in [3.05, 3.63) is 23.9 Å². The number of pyridine rings is 1. The minimum Gasteiger partial charge on any atom is -0.366 e. The first-order valence-electron chi connectivity index (χ1n) is 4.08. The van der Waals surface area contributed by atoms with Crippen LogP contribution in [-0.4, -0.2) is 19.9 Å². The van der Waals surface area contributed by atoms with Gasteiger partial charge in [0.2, 0.25) is 11.8 Å². The fourth-order valence-electron chi connectivity index (χ4n) is 1.18. The smallest absolute Gasteiger partial charge is 0.241 e. The molecule has 0 amide bonds. The SMILES string of the molecule is Cc1cccnc1-c1nnc(N)n1N. The number of hydrogen-bond acceptors (Lipinski definition) is 5. The van der Waals surface area contributed by atoms with E-state index in [0.717, 1.165) is 5.56 Å². The molecule has 0 aliphatic heterocycles. The molecule has 0 bridgehead atoms. The van der Waals surface area contributed by atoms with Crippen LogP contribution in [0.25, 0.3) is 11.5 Å². The van der Waals surface area contributed by atoms with Crippen LogP contribution in [0.2, 0.25) is 0 Å². The maximum absolute atomic E-state index is 5.63. The van der Waals surface area contributed by atoms with E-state index in [1.54, 1.807) is 6.20 Å². The van der Waals surface area contributed by atoms with Crippen molar-refractivity contribution in [1.29, 1.82) is 0 Å². The zero-order valence-corrected chi connectivity index (χ0v) is 7.68. The van der Waals surface area contributed by atoms with E-state index in [1.807, 2.05) is 19.1 Å². The summed E-state index contributed by atoms with van der Waals surface area (Å²) in [5.74, 6) is 6.27. The largest absolute Gasteiger partial charge is 0.366 e. The van der Waals surface area contributed by atoms with E-state index in [0.29, 0.717) is 11.5 Å². The van der Waals surface area contributed by atoms with Gasteiger partial charge in [0.25, 0.3) is 0 Å². The first-order valence-corrected chi connectivity index (χ1v) is 4.08. The Bertz CT molecular complexity index is 461. The zero-order valence-electron chi connectivity index (χ0n) is 7.68. The third-order valence-electron chi connectivity index (χ3n) is 1.94. The molecule has 2 rings (SSSR count). The number of rotatable bonds is 1. The van der Waals surface area contributed by atoms with E-state index in [9.17, 15) is 0 Å². The molecule has 0 radical (unpaired) electrons. The van der Waals surface area contributed by atoms with Gasteiger partial charge in [0.05, 0.1) is 0 Å². The lowest BCUT2D eigenvalue weighted by atomic mass is 10.2. The molecule has 0 aromatic carbocycles. The van der Waals surface area contributed by atoms with Gasteiger partial charge in [0, 0.05) is 6.20 Å². The van der Waals surface area contributed by atoms with Crippen LogP contribution in [0, 0.1) is 6.92 Å². The number of aryl methyl sites for hydroxylation is 1. The Hall–Kier alpha value is -2.11. The Morgan fingerprint density at radius 3 is 2.71 bits per heavy atom. The Labute approximate surface area is 80.5 Å². The van der Waals surface area contributed by atoms with Gasteiger partial charge in [-0.1, -0.05) is 6.07 Å². The first-order chi connectivity index (χ1) is 6.70. The molecule has 14 heavy (non-hydrogen) atoms. The van der Waals surface area contributed by atoms with Crippen molar-refractivity contribution in [3.8, 4) is 11.5 Å².